The molecule has 3 nitrogen and oxygen atoms in total. The van der Waals surface area contributed by atoms with E-state index in [2.05, 4.69) is 6.07 Å². The van der Waals surface area contributed by atoms with Gasteiger partial charge in [-0.05, 0) is 30.2 Å². The van der Waals surface area contributed by atoms with Crippen LogP contribution in [0.2, 0.25) is 0 Å². The number of rotatable bonds is 5. The van der Waals surface area contributed by atoms with Crippen molar-refractivity contribution in [2.45, 2.75) is 12.3 Å². The van der Waals surface area contributed by atoms with Gasteiger partial charge in [-0.2, -0.15) is 5.26 Å². The first kappa shape index (κ1) is 14.0. The van der Waals surface area contributed by atoms with Crippen molar-refractivity contribution in [2.75, 3.05) is 14.2 Å². The number of benzene rings is 2. The van der Waals surface area contributed by atoms with Crippen LogP contribution in [0, 0.1) is 11.3 Å². The van der Waals surface area contributed by atoms with E-state index in [9.17, 15) is 5.26 Å². The highest BCUT2D eigenvalue weighted by Crippen LogP contribution is 2.32. The average molecular weight is 267 g/mol. The highest BCUT2D eigenvalue weighted by Gasteiger charge is 2.17. The largest absolute Gasteiger partial charge is 0.497 e. The SMILES string of the molecule is COc1ccc(OC)c(C(C#N)Cc2ccccc2)c1. The van der Waals surface area contributed by atoms with Crippen LogP contribution in [0.15, 0.2) is 48.5 Å². The molecule has 1 unspecified atom stereocenters. The van der Waals surface area contributed by atoms with Gasteiger partial charge in [0.1, 0.15) is 11.5 Å². The molecule has 0 saturated heterocycles. The van der Waals surface area contributed by atoms with Crippen molar-refractivity contribution in [3.63, 3.8) is 0 Å². The molecular weight excluding hydrogens is 250 g/mol. The Morgan fingerprint density at radius 2 is 1.80 bits per heavy atom. The molecule has 0 aliphatic rings. The van der Waals surface area contributed by atoms with Crippen LogP contribution < -0.4 is 9.47 Å². The summed E-state index contributed by atoms with van der Waals surface area (Å²) < 4.78 is 10.6. The minimum atomic E-state index is -0.262. The monoisotopic (exact) mass is 267 g/mol. The lowest BCUT2D eigenvalue weighted by Gasteiger charge is -2.15. The predicted molar refractivity (Wildman–Crippen MR) is 78.0 cm³/mol. The van der Waals surface area contributed by atoms with E-state index in [4.69, 9.17) is 9.47 Å². The molecule has 0 aliphatic carbocycles. The van der Waals surface area contributed by atoms with Crippen molar-refractivity contribution in [3.8, 4) is 17.6 Å². The summed E-state index contributed by atoms with van der Waals surface area (Å²) >= 11 is 0. The molecule has 0 bridgehead atoms. The maximum Gasteiger partial charge on any atom is 0.123 e. The Kier molecular flexibility index (Phi) is 4.62. The smallest absolute Gasteiger partial charge is 0.123 e. The fourth-order valence-electron chi connectivity index (χ4n) is 2.19. The highest BCUT2D eigenvalue weighted by molar-refractivity contribution is 5.45. The molecule has 2 rings (SSSR count). The Bertz CT molecular complexity index is 602. The van der Waals surface area contributed by atoms with E-state index in [0.717, 1.165) is 16.9 Å². The Labute approximate surface area is 119 Å². The van der Waals surface area contributed by atoms with E-state index >= 15 is 0 Å². The standard InChI is InChI=1S/C17H17NO2/c1-19-15-8-9-17(20-2)16(11-15)14(12-18)10-13-6-4-3-5-7-13/h3-9,11,14H,10H2,1-2H3. The molecule has 0 aromatic heterocycles. The van der Waals surface area contributed by atoms with Crippen LogP contribution in [0.1, 0.15) is 17.0 Å². The Morgan fingerprint density at radius 3 is 2.40 bits per heavy atom. The summed E-state index contributed by atoms with van der Waals surface area (Å²) in [5.41, 5.74) is 1.99. The summed E-state index contributed by atoms with van der Waals surface area (Å²) in [7, 11) is 3.23. The number of methoxy groups -OCH3 is 2. The van der Waals surface area contributed by atoms with Gasteiger partial charge in [0.25, 0.3) is 0 Å². The number of hydrogen-bond donors (Lipinski definition) is 0. The molecule has 2 aromatic carbocycles. The third-order valence-corrected chi connectivity index (χ3v) is 3.25. The average Bonchev–Trinajstić information content (AvgIpc) is 2.53. The summed E-state index contributed by atoms with van der Waals surface area (Å²) in [5, 5.41) is 9.48. The van der Waals surface area contributed by atoms with Gasteiger partial charge >= 0.3 is 0 Å². The normalized spacial score (nSPS) is 11.4. The molecule has 20 heavy (non-hydrogen) atoms. The number of nitrogens with zero attached hydrogens (tertiary/aromatic N) is 1. The second-order valence-electron chi connectivity index (χ2n) is 4.48. The molecule has 2 aromatic rings. The molecule has 0 radical (unpaired) electrons. The van der Waals surface area contributed by atoms with Crippen molar-refractivity contribution in [1.29, 1.82) is 5.26 Å². The van der Waals surface area contributed by atoms with Gasteiger partial charge in [0.2, 0.25) is 0 Å². The Balaban J connectivity index is 2.34. The lowest BCUT2D eigenvalue weighted by Crippen LogP contribution is -2.03. The van der Waals surface area contributed by atoms with Crippen molar-refractivity contribution in [2.24, 2.45) is 0 Å². The third kappa shape index (κ3) is 3.10. The van der Waals surface area contributed by atoms with E-state index in [-0.39, 0.29) is 5.92 Å². The fraction of sp³-hybridized carbons (Fsp3) is 0.235. The first-order valence-electron chi connectivity index (χ1n) is 6.44. The highest BCUT2D eigenvalue weighted by atomic mass is 16.5. The van der Waals surface area contributed by atoms with Gasteiger partial charge in [-0.25, -0.2) is 0 Å². The summed E-state index contributed by atoms with van der Waals surface area (Å²) in [5.74, 6) is 1.19. The van der Waals surface area contributed by atoms with Crippen LogP contribution in [-0.4, -0.2) is 14.2 Å². The molecule has 0 amide bonds. The molecule has 1 atom stereocenters. The number of nitriles is 1. The molecule has 0 N–H and O–H groups in total. The van der Waals surface area contributed by atoms with Crippen molar-refractivity contribution in [3.05, 3.63) is 59.7 Å². The Hall–Kier alpha value is -2.47. The lowest BCUT2D eigenvalue weighted by atomic mass is 9.92. The summed E-state index contributed by atoms with van der Waals surface area (Å²) in [4.78, 5) is 0. The molecule has 102 valence electrons. The van der Waals surface area contributed by atoms with Gasteiger partial charge in [0.15, 0.2) is 0 Å². The van der Waals surface area contributed by atoms with E-state index in [0.29, 0.717) is 12.2 Å². The molecule has 0 heterocycles. The van der Waals surface area contributed by atoms with Gasteiger partial charge in [-0.15, -0.1) is 0 Å². The second-order valence-corrected chi connectivity index (χ2v) is 4.48. The van der Waals surface area contributed by atoms with Crippen LogP contribution in [-0.2, 0) is 6.42 Å². The first-order valence-corrected chi connectivity index (χ1v) is 6.44. The summed E-state index contributed by atoms with van der Waals surface area (Å²) in [6, 6.07) is 17.9. The zero-order valence-electron chi connectivity index (χ0n) is 11.7. The van der Waals surface area contributed by atoms with Gasteiger partial charge in [0.05, 0.1) is 26.2 Å². The minimum Gasteiger partial charge on any atom is -0.497 e. The molecular formula is C17H17NO2. The van der Waals surface area contributed by atoms with Crippen molar-refractivity contribution in [1.82, 2.24) is 0 Å². The summed E-state index contributed by atoms with van der Waals surface area (Å²) in [6.07, 6.45) is 0.654. The van der Waals surface area contributed by atoms with Crippen molar-refractivity contribution < 1.29 is 9.47 Å². The maximum absolute atomic E-state index is 9.48. The molecule has 0 spiro atoms. The summed E-state index contributed by atoms with van der Waals surface area (Å²) in [6.45, 7) is 0. The van der Waals surface area contributed by atoms with E-state index in [1.807, 2.05) is 48.5 Å². The van der Waals surface area contributed by atoms with Crippen LogP contribution in [0.3, 0.4) is 0 Å². The zero-order valence-corrected chi connectivity index (χ0v) is 11.7. The van der Waals surface area contributed by atoms with Crippen molar-refractivity contribution >= 4 is 0 Å². The van der Waals surface area contributed by atoms with Crippen LogP contribution in [0.25, 0.3) is 0 Å². The predicted octanol–water partition coefficient (Wildman–Crippen LogP) is 3.55. The quantitative estimate of drug-likeness (QED) is 0.832. The topological polar surface area (TPSA) is 42.2 Å². The molecule has 0 aliphatic heterocycles. The third-order valence-electron chi connectivity index (χ3n) is 3.25. The first-order chi connectivity index (χ1) is 9.78. The molecule has 0 saturated carbocycles. The van der Waals surface area contributed by atoms with Gasteiger partial charge in [0, 0.05) is 5.56 Å². The second kappa shape index (κ2) is 6.63. The number of hydrogen-bond acceptors (Lipinski definition) is 3. The Morgan fingerprint density at radius 1 is 1.05 bits per heavy atom. The van der Waals surface area contributed by atoms with E-state index in [1.165, 1.54) is 0 Å². The molecule has 3 heteroatoms. The van der Waals surface area contributed by atoms with E-state index in [1.54, 1.807) is 14.2 Å². The fourth-order valence-corrected chi connectivity index (χ4v) is 2.19. The van der Waals surface area contributed by atoms with Gasteiger partial charge < -0.3 is 9.47 Å². The van der Waals surface area contributed by atoms with Crippen LogP contribution in [0.4, 0.5) is 0 Å². The zero-order chi connectivity index (χ0) is 14.4. The lowest BCUT2D eigenvalue weighted by molar-refractivity contribution is 0.397. The maximum atomic E-state index is 9.48. The van der Waals surface area contributed by atoms with Gasteiger partial charge in [-0.1, -0.05) is 30.3 Å². The molecule has 0 fully saturated rings. The van der Waals surface area contributed by atoms with Crippen LogP contribution in [0.5, 0.6) is 11.5 Å². The minimum absolute atomic E-state index is 0.262. The number of ether oxygens (including phenoxy) is 2. The van der Waals surface area contributed by atoms with E-state index < -0.39 is 0 Å². The van der Waals surface area contributed by atoms with Crippen LogP contribution >= 0.6 is 0 Å². The van der Waals surface area contributed by atoms with Gasteiger partial charge in [-0.3, -0.25) is 0 Å².